The van der Waals surface area contributed by atoms with Crippen molar-refractivity contribution < 1.29 is 41.4 Å². The van der Waals surface area contributed by atoms with E-state index < -0.39 is 230 Å². The molecule has 1 heteroatoms. The number of benzene rings is 9. The van der Waals surface area contributed by atoms with Crippen molar-refractivity contribution in [2.45, 2.75) is 0 Å². The van der Waals surface area contributed by atoms with Crippen molar-refractivity contribution in [3.05, 3.63) is 181 Å². The van der Waals surface area contributed by atoms with Crippen LogP contribution in [0, 0.1) is 0 Å². The Morgan fingerprint density at radius 3 is 1.63 bits per heavy atom. The SMILES string of the molecule is [2H]c1cc2c3c([2H])c([2H])c([2H])c([2H])c3c3cc([2H])c(-c4cc([2H])c(-c5c([2H])c([2H])c([2H])c(-c6c([2H])c([2H])c([2H])c7oc8c([2H])c([2H])c([2H])c(-c9c([2H])c([2H])c([2H])c([2H])c9[2H])c8c67)c5[2H])c([2H])c4[2H])c([2H])c3c2c([2H])c1[2H]. The van der Waals surface area contributed by atoms with Gasteiger partial charge in [0.1, 0.15) is 11.2 Å². The second kappa shape index (κ2) is 11.1. The normalized spacial score (nSPS) is 19.4. The summed E-state index contributed by atoms with van der Waals surface area (Å²) in [4.78, 5) is 0. The molecule has 0 aliphatic rings. The van der Waals surface area contributed by atoms with Crippen molar-refractivity contribution in [2.24, 2.45) is 0 Å². The summed E-state index contributed by atoms with van der Waals surface area (Å²) in [7, 11) is 0. The van der Waals surface area contributed by atoms with Gasteiger partial charge in [-0.3, -0.25) is 0 Å². The highest BCUT2D eigenvalue weighted by Crippen LogP contribution is 2.42. The summed E-state index contributed by atoms with van der Waals surface area (Å²) in [6, 6.07) is -18.1. The summed E-state index contributed by atoms with van der Waals surface area (Å²) in [6.45, 7) is 0. The molecule has 1 nitrogen and oxygen atoms in total. The zero-order chi connectivity index (χ0) is 55.8. The Morgan fingerprint density at radius 1 is 0.306 bits per heavy atom. The molecule has 0 atom stereocenters. The van der Waals surface area contributed by atoms with E-state index in [0.717, 1.165) is 18.2 Å². The largest absolute Gasteiger partial charge is 0.456 e. The minimum Gasteiger partial charge on any atom is -0.456 e. The Kier molecular flexibility index (Phi) is 2.69. The summed E-state index contributed by atoms with van der Waals surface area (Å²) < 4.78 is 246. The van der Waals surface area contributed by atoms with Gasteiger partial charge in [0.2, 0.25) is 0 Å². The molecule has 0 unspecified atom stereocenters. The lowest BCUT2D eigenvalue weighted by atomic mass is 9.91. The summed E-state index contributed by atoms with van der Waals surface area (Å²) in [5, 5.41) is -2.01. The number of rotatable bonds is 4. The number of furan rings is 1. The van der Waals surface area contributed by atoms with Crippen LogP contribution < -0.4 is 0 Å². The molecule has 0 aliphatic heterocycles. The minimum absolute atomic E-state index is 0.0922. The van der Waals surface area contributed by atoms with E-state index in [0.29, 0.717) is 0 Å². The zero-order valence-electron chi connectivity index (χ0n) is 51.6. The summed E-state index contributed by atoms with van der Waals surface area (Å²) in [6.07, 6.45) is 0. The van der Waals surface area contributed by atoms with Crippen LogP contribution in [-0.2, 0) is 0 Å². The molecule has 0 fully saturated rings. The predicted octanol–water partition coefficient (Wildman–Crippen LogP) is 13.7. The van der Waals surface area contributed by atoms with Crippen LogP contribution >= 0.6 is 0 Å². The Balaban J connectivity index is 1.30. The molecular formula is C48H30O. The van der Waals surface area contributed by atoms with Gasteiger partial charge in [0, 0.05) is 10.8 Å². The van der Waals surface area contributed by atoms with E-state index in [4.69, 9.17) is 30.5 Å². The minimum atomic E-state index is -0.997. The van der Waals surface area contributed by atoms with Gasteiger partial charge in [0.15, 0.2) is 0 Å². The van der Waals surface area contributed by atoms with Crippen molar-refractivity contribution in [2.75, 3.05) is 0 Å². The lowest BCUT2D eigenvalue weighted by Crippen LogP contribution is -1.86. The maximum Gasteiger partial charge on any atom is 0.136 e. The fraction of sp³-hybridized carbons (Fsp3) is 0. The van der Waals surface area contributed by atoms with Crippen LogP contribution in [-0.4, -0.2) is 0 Å². The van der Waals surface area contributed by atoms with Gasteiger partial charge in [-0.1, -0.05) is 157 Å². The molecule has 0 radical (unpaired) electrons. The van der Waals surface area contributed by atoms with Crippen LogP contribution in [0.25, 0.3) is 98.8 Å². The fourth-order valence-electron chi connectivity index (χ4n) is 5.91. The Labute approximate surface area is 322 Å². The van der Waals surface area contributed by atoms with Crippen LogP contribution in [0.4, 0.5) is 0 Å². The summed E-state index contributed by atoms with van der Waals surface area (Å²) in [5.41, 5.74) is -6.36. The molecule has 0 saturated heterocycles. The monoisotopic (exact) mass is 649 g/mol. The maximum atomic E-state index is 9.67. The highest BCUT2D eigenvalue weighted by molar-refractivity contribution is 6.25. The van der Waals surface area contributed by atoms with Gasteiger partial charge >= 0.3 is 0 Å². The van der Waals surface area contributed by atoms with Crippen molar-refractivity contribution in [1.82, 2.24) is 0 Å². The molecule has 0 bridgehead atoms. The summed E-state index contributed by atoms with van der Waals surface area (Å²) >= 11 is 0. The van der Waals surface area contributed by atoms with Crippen LogP contribution in [0.15, 0.2) is 186 Å². The second-order valence-corrected chi connectivity index (χ2v) is 10.7. The van der Waals surface area contributed by atoms with Crippen molar-refractivity contribution in [3.8, 4) is 44.5 Å². The van der Waals surface area contributed by atoms with E-state index in [1.807, 2.05) is 0 Å². The molecule has 228 valence electrons. The second-order valence-electron chi connectivity index (χ2n) is 10.7. The van der Waals surface area contributed by atoms with E-state index in [9.17, 15) is 11.0 Å². The fourth-order valence-corrected chi connectivity index (χ4v) is 5.91. The van der Waals surface area contributed by atoms with E-state index in [1.54, 1.807) is 0 Å². The molecule has 0 amide bonds. The molecular weight excluding hydrogens is 593 g/mol. The average Bonchev–Trinajstić information content (AvgIpc) is 3.78. The molecule has 0 aliphatic carbocycles. The third-order valence-corrected chi connectivity index (χ3v) is 8.06. The lowest BCUT2D eigenvalue weighted by Gasteiger charge is -2.12. The maximum absolute atomic E-state index is 9.67. The first-order chi connectivity index (χ1) is 35.5. The van der Waals surface area contributed by atoms with E-state index >= 15 is 0 Å². The molecule has 49 heavy (non-hydrogen) atoms. The Hall–Kier alpha value is -6.44. The third kappa shape index (κ3) is 4.47. The van der Waals surface area contributed by atoms with Gasteiger partial charge in [-0.15, -0.1) is 0 Å². The molecule has 10 aromatic rings. The average molecular weight is 650 g/mol. The lowest BCUT2D eigenvalue weighted by molar-refractivity contribution is 0.669. The van der Waals surface area contributed by atoms with Crippen molar-refractivity contribution in [3.63, 3.8) is 0 Å². The van der Waals surface area contributed by atoms with Gasteiger partial charge < -0.3 is 4.42 Å². The Bertz CT molecular complexity index is 4400. The standard InChI is InChI=1S/C48H30O/c1-2-11-33(12-3-1)37-19-9-21-45-47(37)48-38(20-10-22-46(48)49-45)36-14-8-13-34(29-36)31-23-25-32(26-24-31)35-27-28-43-41-17-5-4-15-39(41)40-16-6-7-18-42(40)44(43)30-35/h1-30H/i1D,2D,3D,4D,5D,6D,7D,8D,9D,10D,11D,12D,13D,14D,15D,17D,18D,19D,20D,21D,22D,23D,24D,25D,27D,29D,30D. The van der Waals surface area contributed by atoms with Crippen LogP contribution in [0.5, 0.6) is 0 Å². The molecule has 0 spiro atoms. The van der Waals surface area contributed by atoms with Crippen molar-refractivity contribution >= 4 is 54.3 Å². The predicted molar refractivity (Wildman–Crippen MR) is 208 cm³/mol. The smallest absolute Gasteiger partial charge is 0.136 e. The third-order valence-electron chi connectivity index (χ3n) is 8.06. The van der Waals surface area contributed by atoms with E-state index in [1.165, 1.54) is 0 Å². The molecule has 10 rings (SSSR count). The number of hydrogen-bond donors (Lipinski definition) is 0. The summed E-state index contributed by atoms with van der Waals surface area (Å²) in [5.74, 6) is 0. The Morgan fingerprint density at radius 2 is 0.857 bits per heavy atom. The quantitative estimate of drug-likeness (QED) is 0.173. The van der Waals surface area contributed by atoms with Gasteiger partial charge in [-0.2, -0.15) is 0 Å². The van der Waals surface area contributed by atoms with Crippen LogP contribution in [0.2, 0.25) is 0 Å². The molecule has 0 saturated carbocycles. The van der Waals surface area contributed by atoms with Gasteiger partial charge in [0.25, 0.3) is 0 Å². The highest BCUT2D eigenvalue weighted by Gasteiger charge is 2.17. The first kappa shape index (κ1) is 11.9. The van der Waals surface area contributed by atoms with Crippen LogP contribution in [0.1, 0.15) is 37.0 Å². The molecule has 0 N–H and O–H groups in total. The van der Waals surface area contributed by atoms with Crippen LogP contribution in [0.3, 0.4) is 0 Å². The van der Waals surface area contributed by atoms with Crippen molar-refractivity contribution in [1.29, 1.82) is 0 Å². The topological polar surface area (TPSA) is 13.1 Å². The highest BCUT2D eigenvalue weighted by atomic mass is 16.3. The first-order valence-electron chi connectivity index (χ1n) is 28.1. The molecule has 9 aromatic carbocycles. The number of fused-ring (bicyclic) bond motifs is 9. The van der Waals surface area contributed by atoms with Gasteiger partial charge in [-0.25, -0.2) is 0 Å². The zero-order valence-corrected chi connectivity index (χ0v) is 24.6. The van der Waals surface area contributed by atoms with Gasteiger partial charge in [0.05, 0.1) is 37.0 Å². The number of hydrogen-bond acceptors (Lipinski definition) is 1. The van der Waals surface area contributed by atoms with E-state index in [2.05, 4.69) is 0 Å². The molecule has 1 heterocycles. The van der Waals surface area contributed by atoms with E-state index in [-0.39, 0.29) is 32.3 Å². The first-order valence-corrected chi connectivity index (χ1v) is 14.6. The molecule has 1 aromatic heterocycles. The van der Waals surface area contributed by atoms with Gasteiger partial charge in [-0.05, 0) is 101 Å².